The number of benzene rings is 1. The Morgan fingerprint density at radius 2 is 2.14 bits per heavy atom. The Morgan fingerprint density at radius 1 is 1.36 bits per heavy atom. The highest BCUT2D eigenvalue weighted by Gasteiger charge is 2.30. The molecule has 0 radical (unpaired) electrons. The number of nitrogens with one attached hydrogen (secondary N) is 1. The molecule has 1 saturated heterocycles. The molecule has 2 N–H and O–H groups in total. The van der Waals surface area contributed by atoms with Crippen LogP contribution < -0.4 is 5.32 Å². The highest BCUT2D eigenvalue weighted by atomic mass is 19.4. The lowest BCUT2D eigenvalue weighted by Crippen LogP contribution is -2.49. The van der Waals surface area contributed by atoms with Crippen LogP contribution >= 0.6 is 0 Å². The number of alkyl halides is 3. The Morgan fingerprint density at radius 3 is 2.82 bits per heavy atom. The fourth-order valence-corrected chi connectivity index (χ4v) is 2.59. The van der Waals surface area contributed by atoms with E-state index in [9.17, 15) is 23.1 Å². The maximum Gasteiger partial charge on any atom is 0.416 e. The second-order valence-corrected chi connectivity index (χ2v) is 5.38. The van der Waals surface area contributed by atoms with Gasteiger partial charge in [-0.3, -0.25) is 0 Å². The standard InChI is InChI=1S/C15H19F3N2O2/c16-15(17,18)12-5-3-4-11(8-12)9-19-14(22)20-7-2-1-6-13(20)10-21/h3-5,8,13,21H,1-2,6-7,9-10H2,(H,19,22). The number of aliphatic hydroxyl groups is 1. The first kappa shape index (κ1) is 16.6. The molecule has 1 unspecified atom stereocenters. The number of carbonyl (C=O) groups excluding carboxylic acids is 1. The molecular formula is C15H19F3N2O2. The van der Waals surface area contributed by atoms with Gasteiger partial charge in [-0.05, 0) is 37.0 Å². The van der Waals surface area contributed by atoms with E-state index in [1.165, 1.54) is 12.1 Å². The molecule has 1 aromatic rings. The van der Waals surface area contributed by atoms with Crippen molar-refractivity contribution < 1.29 is 23.1 Å². The number of rotatable bonds is 3. The Balaban J connectivity index is 1.96. The lowest BCUT2D eigenvalue weighted by molar-refractivity contribution is -0.137. The van der Waals surface area contributed by atoms with Crippen molar-refractivity contribution in [1.29, 1.82) is 0 Å². The van der Waals surface area contributed by atoms with Gasteiger partial charge < -0.3 is 15.3 Å². The third kappa shape index (κ3) is 4.13. The van der Waals surface area contributed by atoms with Gasteiger partial charge in [-0.2, -0.15) is 13.2 Å². The summed E-state index contributed by atoms with van der Waals surface area (Å²) >= 11 is 0. The summed E-state index contributed by atoms with van der Waals surface area (Å²) in [7, 11) is 0. The Labute approximate surface area is 126 Å². The molecule has 0 bridgehead atoms. The maximum absolute atomic E-state index is 12.6. The number of likely N-dealkylation sites (tertiary alicyclic amines) is 1. The SMILES string of the molecule is O=C(NCc1cccc(C(F)(F)F)c1)N1CCCCC1CO. The summed E-state index contributed by atoms with van der Waals surface area (Å²) in [6.07, 6.45) is -1.82. The molecule has 122 valence electrons. The first-order valence-electron chi connectivity index (χ1n) is 7.23. The average molecular weight is 316 g/mol. The topological polar surface area (TPSA) is 52.6 Å². The van der Waals surface area contributed by atoms with E-state index in [2.05, 4.69) is 5.32 Å². The molecule has 1 aliphatic rings. The molecule has 2 amide bonds. The van der Waals surface area contributed by atoms with Crippen LogP contribution in [0.2, 0.25) is 0 Å². The minimum absolute atomic E-state index is 0.0252. The van der Waals surface area contributed by atoms with E-state index in [0.29, 0.717) is 12.1 Å². The normalized spacial score (nSPS) is 19.1. The molecule has 1 fully saturated rings. The van der Waals surface area contributed by atoms with Crippen LogP contribution in [0.15, 0.2) is 24.3 Å². The number of hydrogen-bond donors (Lipinski definition) is 2. The molecule has 4 nitrogen and oxygen atoms in total. The molecule has 0 saturated carbocycles. The van der Waals surface area contributed by atoms with Crippen LogP contribution in [0.5, 0.6) is 0 Å². The molecular weight excluding hydrogens is 297 g/mol. The summed E-state index contributed by atoms with van der Waals surface area (Å²) in [4.78, 5) is 13.7. The molecule has 1 atom stereocenters. The number of urea groups is 1. The minimum Gasteiger partial charge on any atom is -0.394 e. The van der Waals surface area contributed by atoms with Crippen molar-refractivity contribution in [2.75, 3.05) is 13.2 Å². The van der Waals surface area contributed by atoms with Crippen molar-refractivity contribution in [2.45, 2.75) is 38.0 Å². The van der Waals surface area contributed by atoms with E-state index >= 15 is 0 Å². The fourth-order valence-electron chi connectivity index (χ4n) is 2.59. The van der Waals surface area contributed by atoms with Gasteiger partial charge in [0.25, 0.3) is 0 Å². The third-order valence-corrected chi connectivity index (χ3v) is 3.80. The molecule has 0 spiro atoms. The highest BCUT2D eigenvalue weighted by molar-refractivity contribution is 5.74. The zero-order valence-corrected chi connectivity index (χ0v) is 12.1. The summed E-state index contributed by atoms with van der Waals surface area (Å²) in [5.41, 5.74) is -0.341. The monoisotopic (exact) mass is 316 g/mol. The number of nitrogens with zero attached hydrogens (tertiary/aromatic N) is 1. The minimum atomic E-state index is -4.39. The summed E-state index contributed by atoms with van der Waals surface area (Å²) < 4.78 is 37.9. The number of aliphatic hydroxyl groups excluding tert-OH is 1. The molecule has 22 heavy (non-hydrogen) atoms. The van der Waals surface area contributed by atoms with Crippen molar-refractivity contribution in [3.8, 4) is 0 Å². The van der Waals surface area contributed by atoms with E-state index in [1.54, 1.807) is 4.90 Å². The van der Waals surface area contributed by atoms with E-state index < -0.39 is 11.7 Å². The van der Waals surface area contributed by atoms with Crippen LogP contribution in [0.4, 0.5) is 18.0 Å². The van der Waals surface area contributed by atoms with Gasteiger partial charge in [-0.15, -0.1) is 0 Å². The summed E-state index contributed by atoms with van der Waals surface area (Å²) in [6.45, 7) is 0.480. The van der Waals surface area contributed by atoms with Crippen molar-refractivity contribution in [1.82, 2.24) is 10.2 Å². The van der Waals surface area contributed by atoms with Crippen LogP contribution in [0.1, 0.15) is 30.4 Å². The first-order chi connectivity index (χ1) is 10.4. The second-order valence-electron chi connectivity index (χ2n) is 5.38. The predicted octanol–water partition coefficient (Wildman–Crippen LogP) is 2.76. The third-order valence-electron chi connectivity index (χ3n) is 3.80. The molecule has 1 heterocycles. The van der Waals surface area contributed by atoms with Gasteiger partial charge in [-0.25, -0.2) is 4.79 Å². The largest absolute Gasteiger partial charge is 0.416 e. The Hall–Kier alpha value is -1.76. The van der Waals surface area contributed by atoms with Gasteiger partial charge in [0.05, 0.1) is 18.2 Å². The summed E-state index contributed by atoms with van der Waals surface area (Å²) in [5.74, 6) is 0. The zero-order chi connectivity index (χ0) is 16.2. The van der Waals surface area contributed by atoms with Crippen molar-refractivity contribution in [3.63, 3.8) is 0 Å². The highest BCUT2D eigenvalue weighted by Crippen LogP contribution is 2.29. The predicted molar refractivity (Wildman–Crippen MR) is 75.1 cm³/mol. The fraction of sp³-hybridized carbons (Fsp3) is 0.533. The van der Waals surface area contributed by atoms with Crippen LogP contribution in [-0.4, -0.2) is 35.2 Å². The molecule has 2 rings (SSSR count). The van der Waals surface area contributed by atoms with Gasteiger partial charge >= 0.3 is 12.2 Å². The Bertz CT molecular complexity index is 520. The molecule has 1 aromatic carbocycles. The molecule has 7 heteroatoms. The van der Waals surface area contributed by atoms with E-state index in [1.807, 2.05) is 0 Å². The summed E-state index contributed by atoms with van der Waals surface area (Å²) in [6, 6.07) is 4.32. The van der Waals surface area contributed by atoms with E-state index in [0.717, 1.165) is 31.4 Å². The second kappa shape index (κ2) is 7.00. The smallest absolute Gasteiger partial charge is 0.394 e. The molecule has 1 aliphatic heterocycles. The number of amides is 2. The van der Waals surface area contributed by atoms with Gasteiger partial charge in [0, 0.05) is 13.1 Å². The number of hydrogen-bond acceptors (Lipinski definition) is 2. The Kier molecular flexibility index (Phi) is 5.28. The first-order valence-corrected chi connectivity index (χ1v) is 7.23. The van der Waals surface area contributed by atoms with Crippen molar-refractivity contribution in [3.05, 3.63) is 35.4 Å². The van der Waals surface area contributed by atoms with E-state index in [-0.39, 0.29) is 25.2 Å². The van der Waals surface area contributed by atoms with E-state index in [4.69, 9.17) is 0 Å². The number of carbonyl (C=O) groups is 1. The van der Waals surface area contributed by atoms with Crippen LogP contribution in [0.25, 0.3) is 0 Å². The zero-order valence-electron chi connectivity index (χ0n) is 12.1. The lowest BCUT2D eigenvalue weighted by atomic mass is 10.0. The lowest BCUT2D eigenvalue weighted by Gasteiger charge is -2.34. The van der Waals surface area contributed by atoms with Gasteiger partial charge in [-0.1, -0.05) is 12.1 Å². The molecule has 0 aromatic heterocycles. The van der Waals surface area contributed by atoms with Crippen molar-refractivity contribution in [2.24, 2.45) is 0 Å². The maximum atomic E-state index is 12.6. The molecule has 0 aliphatic carbocycles. The van der Waals surface area contributed by atoms with Crippen molar-refractivity contribution >= 4 is 6.03 Å². The number of piperidine rings is 1. The van der Waals surface area contributed by atoms with Gasteiger partial charge in [0.2, 0.25) is 0 Å². The van der Waals surface area contributed by atoms with Gasteiger partial charge in [0.15, 0.2) is 0 Å². The van der Waals surface area contributed by atoms with Crippen LogP contribution in [0.3, 0.4) is 0 Å². The summed E-state index contributed by atoms with van der Waals surface area (Å²) in [5, 5.41) is 11.9. The van der Waals surface area contributed by atoms with Gasteiger partial charge in [0.1, 0.15) is 0 Å². The average Bonchev–Trinajstić information content (AvgIpc) is 2.52. The number of halogens is 3. The quantitative estimate of drug-likeness (QED) is 0.901. The van der Waals surface area contributed by atoms with Crippen LogP contribution in [0, 0.1) is 0 Å². The van der Waals surface area contributed by atoms with Crippen LogP contribution in [-0.2, 0) is 12.7 Å².